The minimum Gasteiger partial charge on any atom is -0.326 e. The summed E-state index contributed by atoms with van der Waals surface area (Å²) in [5.74, 6) is 0. The van der Waals surface area contributed by atoms with Gasteiger partial charge in [-0.15, -0.1) is 0 Å². The number of benzene rings is 1. The van der Waals surface area contributed by atoms with E-state index in [1.165, 1.54) is 24.0 Å². The quantitative estimate of drug-likeness (QED) is 0.835. The number of hydrogen-bond donors (Lipinski definition) is 1. The Labute approximate surface area is 112 Å². The predicted octanol–water partition coefficient (Wildman–Crippen LogP) is 3.50. The summed E-state index contributed by atoms with van der Waals surface area (Å²) in [4.78, 5) is 2.45. The molecule has 0 aliphatic heterocycles. The first-order valence-electron chi connectivity index (χ1n) is 7.05. The van der Waals surface area contributed by atoms with Gasteiger partial charge in [0.15, 0.2) is 0 Å². The molecule has 18 heavy (non-hydrogen) atoms. The number of aryl methyl sites for hydroxylation is 1. The number of likely N-dealkylation sites (N-methyl/N-ethyl adjacent to an activating group) is 1. The summed E-state index contributed by atoms with van der Waals surface area (Å²) in [5.41, 5.74) is 8.94. The van der Waals surface area contributed by atoms with Crippen molar-refractivity contribution in [1.29, 1.82) is 0 Å². The van der Waals surface area contributed by atoms with Gasteiger partial charge < -0.3 is 5.73 Å². The second-order valence-corrected chi connectivity index (χ2v) is 5.30. The maximum atomic E-state index is 6.24. The van der Waals surface area contributed by atoms with Crippen LogP contribution in [0.15, 0.2) is 24.3 Å². The molecule has 2 unspecified atom stereocenters. The third kappa shape index (κ3) is 3.33. The van der Waals surface area contributed by atoms with E-state index in [1.807, 2.05) is 0 Å². The van der Waals surface area contributed by atoms with Crippen molar-refractivity contribution < 1.29 is 0 Å². The Morgan fingerprint density at radius 1 is 1.17 bits per heavy atom. The molecule has 0 aliphatic carbocycles. The van der Waals surface area contributed by atoms with E-state index in [0.29, 0.717) is 12.1 Å². The minimum absolute atomic E-state index is 0.136. The van der Waals surface area contributed by atoms with Crippen LogP contribution in [0.5, 0.6) is 0 Å². The SMILES string of the molecule is CCC(CC)N(C)C(c1ccccc1C)C(C)N. The molecule has 0 fully saturated rings. The van der Waals surface area contributed by atoms with E-state index >= 15 is 0 Å². The van der Waals surface area contributed by atoms with Crippen LogP contribution in [0.3, 0.4) is 0 Å². The van der Waals surface area contributed by atoms with Crippen LogP contribution in [0.25, 0.3) is 0 Å². The van der Waals surface area contributed by atoms with Crippen molar-refractivity contribution in [2.45, 2.75) is 58.7 Å². The van der Waals surface area contributed by atoms with Crippen LogP contribution in [0.1, 0.15) is 50.8 Å². The third-order valence-electron chi connectivity index (χ3n) is 3.96. The number of nitrogens with zero attached hydrogens (tertiary/aromatic N) is 1. The standard InChI is InChI=1S/C16H28N2/c1-6-14(7-2)18(5)16(13(4)17)15-11-9-8-10-12(15)3/h8-11,13-14,16H,6-7,17H2,1-5H3. The van der Waals surface area contributed by atoms with Crippen molar-refractivity contribution in [3.8, 4) is 0 Å². The van der Waals surface area contributed by atoms with Crippen LogP contribution in [-0.2, 0) is 0 Å². The molecule has 2 atom stereocenters. The van der Waals surface area contributed by atoms with E-state index in [0.717, 1.165) is 0 Å². The summed E-state index contributed by atoms with van der Waals surface area (Å²) in [6.45, 7) is 8.78. The lowest BCUT2D eigenvalue weighted by Crippen LogP contribution is -2.42. The molecule has 0 radical (unpaired) electrons. The lowest BCUT2D eigenvalue weighted by atomic mass is 9.93. The van der Waals surface area contributed by atoms with Crippen LogP contribution in [0.4, 0.5) is 0 Å². The van der Waals surface area contributed by atoms with Crippen molar-refractivity contribution in [2.24, 2.45) is 5.73 Å². The normalized spacial score (nSPS) is 15.1. The monoisotopic (exact) mass is 248 g/mol. The smallest absolute Gasteiger partial charge is 0.0498 e. The average molecular weight is 248 g/mol. The Morgan fingerprint density at radius 2 is 1.72 bits per heavy atom. The molecule has 0 saturated carbocycles. The molecule has 0 aliphatic rings. The van der Waals surface area contributed by atoms with Crippen molar-refractivity contribution in [1.82, 2.24) is 4.90 Å². The van der Waals surface area contributed by atoms with Crippen LogP contribution < -0.4 is 5.73 Å². The van der Waals surface area contributed by atoms with Gasteiger partial charge in [0, 0.05) is 18.1 Å². The number of hydrogen-bond acceptors (Lipinski definition) is 2. The van der Waals surface area contributed by atoms with E-state index in [4.69, 9.17) is 5.73 Å². The molecule has 0 saturated heterocycles. The van der Waals surface area contributed by atoms with E-state index in [9.17, 15) is 0 Å². The molecule has 1 rings (SSSR count). The Balaban J connectivity index is 3.07. The second kappa shape index (κ2) is 6.91. The zero-order valence-corrected chi connectivity index (χ0v) is 12.5. The molecule has 0 aromatic heterocycles. The van der Waals surface area contributed by atoms with E-state index in [1.54, 1.807) is 0 Å². The van der Waals surface area contributed by atoms with Gasteiger partial charge in [-0.25, -0.2) is 0 Å². The van der Waals surface area contributed by atoms with Crippen molar-refractivity contribution in [3.05, 3.63) is 35.4 Å². The topological polar surface area (TPSA) is 29.3 Å². The lowest BCUT2D eigenvalue weighted by molar-refractivity contribution is 0.146. The van der Waals surface area contributed by atoms with Gasteiger partial charge in [-0.2, -0.15) is 0 Å². The van der Waals surface area contributed by atoms with Gasteiger partial charge in [0.2, 0.25) is 0 Å². The van der Waals surface area contributed by atoms with Crippen molar-refractivity contribution >= 4 is 0 Å². The molecule has 2 heteroatoms. The van der Waals surface area contributed by atoms with E-state index in [-0.39, 0.29) is 6.04 Å². The highest BCUT2D eigenvalue weighted by atomic mass is 15.2. The van der Waals surface area contributed by atoms with Gasteiger partial charge in [-0.05, 0) is 44.9 Å². The summed E-state index contributed by atoms with van der Waals surface area (Å²) in [5, 5.41) is 0. The fourth-order valence-electron chi connectivity index (χ4n) is 2.88. The van der Waals surface area contributed by atoms with Crippen LogP contribution >= 0.6 is 0 Å². The van der Waals surface area contributed by atoms with Gasteiger partial charge in [0.25, 0.3) is 0 Å². The summed E-state index contributed by atoms with van der Waals surface area (Å²) >= 11 is 0. The van der Waals surface area contributed by atoms with Crippen LogP contribution in [0, 0.1) is 6.92 Å². The highest BCUT2D eigenvalue weighted by molar-refractivity contribution is 5.29. The van der Waals surface area contributed by atoms with Crippen LogP contribution in [-0.4, -0.2) is 24.0 Å². The molecule has 0 spiro atoms. The predicted molar refractivity (Wildman–Crippen MR) is 79.7 cm³/mol. The third-order valence-corrected chi connectivity index (χ3v) is 3.96. The molecule has 0 heterocycles. The summed E-state index contributed by atoms with van der Waals surface area (Å²) in [6.07, 6.45) is 2.34. The zero-order valence-electron chi connectivity index (χ0n) is 12.5. The van der Waals surface area contributed by atoms with Gasteiger partial charge in [0.1, 0.15) is 0 Å². The molecule has 2 N–H and O–H groups in total. The number of nitrogens with two attached hydrogens (primary N) is 1. The van der Waals surface area contributed by atoms with Gasteiger partial charge >= 0.3 is 0 Å². The molecule has 1 aromatic carbocycles. The summed E-state index contributed by atoms with van der Waals surface area (Å²) < 4.78 is 0. The molecule has 2 nitrogen and oxygen atoms in total. The molecule has 1 aromatic rings. The maximum absolute atomic E-state index is 6.24. The molecule has 102 valence electrons. The Hall–Kier alpha value is -0.860. The zero-order chi connectivity index (χ0) is 13.7. The largest absolute Gasteiger partial charge is 0.326 e. The maximum Gasteiger partial charge on any atom is 0.0498 e. The fraction of sp³-hybridized carbons (Fsp3) is 0.625. The van der Waals surface area contributed by atoms with Crippen molar-refractivity contribution in [2.75, 3.05) is 7.05 Å². The van der Waals surface area contributed by atoms with Gasteiger partial charge in [0.05, 0.1) is 0 Å². The molecule has 0 bridgehead atoms. The van der Waals surface area contributed by atoms with E-state index in [2.05, 4.69) is 63.9 Å². The Kier molecular flexibility index (Phi) is 5.83. The average Bonchev–Trinajstić information content (AvgIpc) is 2.33. The van der Waals surface area contributed by atoms with Crippen molar-refractivity contribution in [3.63, 3.8) is 0 Å². The van der Waals surface area contributed by atoms with E-state index < -0.39 is 0 Å². The summed E-state index contributed by atoms with van der Waals surface area (Å²) in [6, 6.07) is 9.62. The first-order chi connectivity index (χ1) is 8.52. The molecular weight excluding hydrogens is 220 g/mol. The first kappa shape index (κ1) is 15.2. The second-order valence-electron chi connectivity index (χ2n) is 5.30. The fourth-order valence-corrected chi connectivity index (χ4v) is 2.88. The van der Waals surface area contributed by atoms with Gasteiger partial charge in [-0.3, -0.25) is 4.90 Å². The Bertz CT molecular complexity index is 356. The highest BCUT2D eigenvalue weighted by Crippen LogP contribution is 2.28. The minimum atomic E-state index is 0.136. The van der Waals surface area contributed by atoms with Gasteiger partial charge in [-0.1, -0.05) is 38.1 Å². The molecular formula is C16H28N2. The number of rotatable bonds is 6. The molecule has 0 amide bonds. The highest BCUT2D eigenvalue weighted by Gasteiger charge is 2.26. The summed E-state index contributed by atoms with van der Waals surface area (Å²) in [7, 11) is 2.21. The lowest BCUT2D eigenvalue weighted by Gasteiger charge is -2.37. The van der Waals surface area contributed by atoms with Crippen LogP contribution in [0.2, 0.25) is 0 Å². The first-order valence-corrected chi connectivity index (χ1v) is 7.05. The Morgan fingerprint density at radius 3 is 2.17 bits per heavy atom.